The van der Waals surface area contributed by atoms with Crippen LogP contribution in [0.3, 0.4) is 0 Å². The van der Waals surface area contributed by atoms with Gasteiger partial charge in [-0.15, -0.1) is 0 Å². The molecule has 0 saturated carbocycles. The van der Waals surface area contributed by atoms with Crippen LogP contribution in [0.4, 0.5) is 5.69 Å². The number of benzene rings is 2. The monoisotopic (exact) mass is 409 g/mol. The average molecular weight is 409 g/mol. The van der Waals surface area contributed by atoms with Crippen molar-refractivity contribution in [3.8, 4) is 11.5 Å². The lowest BCUT2D eigenvalue weighted by atomic mass is 9.90. The highest BCUT2D eigenvalue weighted by atomic mass is 16.5. The minimum absolute atomic E-state index is 0.0931. The van der Waals surface area contributed by atoms with Gasteiger partial charge in [-0.2, -0.15) is 5.10 Å². The Bertz CT molecular complexity index is 969. The zero-order chi connectivity index (χ0) is 21.5. The summed E-state index contributed by atoms with van der Waals surface area (Å²) in [6.07, 6.45) is 4.47. The largest absolute Gasteiger partial charge is 0.493 e. The van der Waals surface area contributed by atoms with Gasteiger partial charge in [0.05, 0.1) is 20.6 Å². The molecule has 0 aliphatic heterocycles. The summed E-state index contributed by atoms with van der Waals surface area (Å²) in [6, 6.07) is 10.9. The maximum Gasteiger partial charge on any atom is 0.271 e. The van der Waals surface area contributed by atoms with E-state index in [0.717, 1.165) is 24.9 Å². The molecule has 0 aromatic heterocycles. The van der Waals surface area contributed by atoms with E-state index in [-0.39, 0.29) is 12.3 Å². The molecule has 2 amide bonds. The Labute approximate surface area is 176 Å². The van der Waals surface area contributed by atoms with Gasteiger partial charge in [0.1, 0.15) is 0 Å². The van der Waals surface area contributed by atoms with Crippen LogP contribution in [0.5, 0.6) is 11.5 Å². The van der Waals surface area contributed by atoms with Crippen LogP contribution < -0.4 is 20.2 Å². The van der Waals surface area contributed by atoms with Gasteiger partial charge in [0.25, 0.3) is 5.91 Å². The van der Waals surface area contributed by atoms with Gasteiger partial charge >= 0.3 is 0 Å². The summed E-state index contributed by atoms with van der Waals surface area (Å²) in [5, 5.41) is 7.04. The first kappa shape index (κ1) is 21.4. The molecule has 3 rings (SSSR count). The summed E-state index contributed by atoms with van der Waals surface area (Å²) in [7, 11) is 3.03. The molecule has 0 bridgehead atoms. The fourth-order valence-electron chi connectivity index (χ4n) is 3.55. The first-order valence-corrected chi connectivity index (χ1v) is 9.98. The van der Waals surface area contributed by atoms with Gasteiger partial charge in [0.2, 0.25) is 5.91 Å². The number of ether oxygens (including phenoxy) is 2. The van der Waals surface area contributed by atoms with Crippen molar-refractivity contribution in [2.24, 2.45) is 5.10 Å². The van der Waals surface area contributed by atoms with Crippen molar-refractivity contribution in [3.63, 3.8) is 0 Å². The van der Waals surface area contributed by atoms with E-state index >= 15 is 0 Å². The van der Waals surface area contributed by atoms with Crippen LogP contribution in [0.15, 0.2) is 41.5 Å². The number of nitrogens with zero attached hydrogens (tertiary/aromatic N) is 1. The molecule has 1 aliphatic rings. The lowest BCUT2D eigenvalue weighted by Crippen LogP contribution is -2.22. The van der Waals surface area contributed by atoms with E-state index in [9.17, 15) is 9.59 Å². The van der Waals surface area contributed by atoms with Gasteiger partial charge in [0, 0.05) is 17.0 Å². The first-order valence-electron chi connectivity index (χ1n) is 9.98. The van der Waals surface area contributed by atoms with Crippen LogP contribution in [-0.4, -0.2) is 31.7 Å². The van der Waals surface area contributed by atoms with Gasteiger partial charge in [-0.3, -0.25) is 9.59 Å². The van der Waals surface area contributed by atoms with Crippen molar-refractivity contribution in [1.29, 1.82) is 0 Å². The molecule has 7 heteroatoms. The topological polar surface area (TPSA) is 89.0 Å². The Balaban J connectivity index is 1.59. The number of hydrogen-bond donors (Lipinski definition) is 2. The second-order valence-corrected chi connectivity index (χ2v) is 7.23. The summed E-state index contributed by atoms with van der Waals surface area (Å²) in [4.78, 5) is 24.8. The number of amides is 2. The smallest absolute Gasteiger partial charge is 0.271 e. The molecule has 0 heterocycles. The number of methoxy groups -OCH3 is 2. The molecule has 0 unspecified atom stereocenters. The van der Waals surface area contributed by atoms with E-state index in [2.05, 4.69) is 21.9 Å². The predicted molar refractivity (Wildman–Crippen MR) is 116 cm³/mol. The third-order valence-corrected chi connectivity index (χ3v) is 5.08. The Kier molecular flexibility index (Phi) is 7.06. The van der Waals surface area contributed by atoms with Crippen molar-refractivity contribution in [2.75, 3.05) is 19.5 Å². The highest BCUT2D eigenvalue weighted by molar-refractivity contribution is 6.06. The molecule has 2 aromatic rings. The fraction of sp³-hybridized carbons (Fsp3) is 0.348. The van der Waals surface area contributed by atoms with Crippen molar-refractivity contribution >= 4 is 23.2 Å². The lowest BCUT2D eigenvalue weighted by molar-refractivity contribution is -0.115. The summed E-state index contributed by atoms with van der Waals surface area (Å²) >= 11 is 0. The number of nitrogens with one attached hydrogen (secondary N) is 2. The van der Waals surface area contributed by atoms with Crippen LogP contribution >= 0.6 is 0 Å². The SMILES string of the molecule is COc1ccc(C(=O)N/N=C(\C)CC(=O)Nc2cccc3c2CCCC3)cc1OC. The van der Waals surface area contributed by atoms with Gasteiger partial charge < -0.3 is 14.8 Å². The number of hydrazone groups is 1. The second-order valence-electron chi connectivity index (χ2n) is 7.23. The Morgan fingerprint density at radius 1 is 1.03 bits per heavy atom. The highest BCUT2D eigenvalue weighted by Gasteiger charge is 2.15. The summed E-state index contributed by atoms with van der Waals surface area (Å²) in [5.74, 6) is 0.438. The second kappa shape index (κ2) is 9.91. The number of aryl methyl sites for hydroxylation is 1. The molecule has 1 aliphatic carbocycles. The molecule has 158 valence electrons. The Morgan fingerprint density at radius 3 is 2.57 bits per heavy atom. The fourth-order valence-corrected chi connectivity index (χ4v) is 3.55. The van der Waals surface area contributed by atoms with Crippen molar-refractivity contribution in [3.05, 3.63) is 53.1 Å². The molecule has 2 aromatic carbocycles. The molecule has 0 spiro atoms. The summed E-state index contributed by atoms with van der Waals surface area (Å²) in [6.45, 7) is 1.70. The predicted octanol–water partition coefficient (Wildman–Crippen LogP) is 3.72. The van der Waals surface area contributed by atoms with E-state index in [1.165, 1.54) is 31.8 Å². The van der Waals surface area contributed by atoms with Crippen LogP contribution in [0.1, 0.15) is 47.7 Å². The van der Waals surface area contributed by atoms with Crippen molar-refractivity contribution in [1.82, 2.24) is 5.43 Å². The van der Waals surface area contributed by atoms with Crippen LogP contribution in [0, 0.1) is 0 Å². The number of rotatable bonds is 7. The average Bonchev–Trinajstić information content (AvgIpc) is 2.77. The van der Waals surface area contributed by atoms with E-state index in [0.29, 0.717) is 22.8 Å². The molecule has 0 saturated heterocycles. The molecular formula is C23H27N3O4. The summed E-state index contributed by atoms with van der Waals surface area (Å²) in [5.41, 5.74) is 6.78. The van der Waals surface area contributed by atoms with E-state index in [1.54, 1.807) is 25.1 Å². The van der Waals surface area contributed by atoms with E-state index in [4.69, 9.17) is 9.47 Å². The molecule has 30 heavy (non-hydrogen) atoms. The molecule has 0 atom stereocenters. The van der Waals surface area contributed by atoms with Crippen molar-refractivity contribution in [2.45, 2.75) is 39.0 Å². The molecule has 0 radical (unpaired) electrons. The zero-order valence-electron chi connectivity index (χ0n) is 17.6. The molecule has 2 N–H and O–H groups in total. The van der Waals surface area contributed by atoms with Gasteiger partial charge in [-0.05, 0) is 68.0 Å². The van der Waals surface area contributed by atoms with Crippen molar-refractivity contribution < 1.29 is 19.1 Å². The quantitative estimate of drug-likeness (QED) is 0.539. The normalized spacial score (nSPS) is 13.2. The maximum absolute atomic E-state index is 12.4. The van der Waals surface area contributed by atoms with Crippen LogP contribution in [0.25, 0.3) is 0 Å². The van der Waals surface area contributed by atoms with Gasteiger partial charge in [0.15, 0.2) is 11.5 Å². The molecule has 0 fully saturated rings. The Hall–Kier alpha value is -3.35. The van der Waals surface area contributed by atoms with Gasteiger partial charge in [-0.25, -0.2) is 5.43 Å². The number of carbonyl (C=O) groups excluding carboxylic acids is 2. The number of carbonyl (C=O) groups is 2. The third kappa shape index (κ3) is 5.17. The molecule has 7 nitrogen and oxygen atoms in total. The third-order valence-electron chi connectivity index (χ3n) is 5.08. The minimum atomic E-state index is -0.396. The van der Waals surface area contributed by atoms with E-state index in [1.807, 2.05) is 12.1 Å². The van der Waals surface area contributed by atoms with E-state index < -0.39 is 5.91 Å². The zero-order valence-corrected chi connectivity index (χ0v) is 17.6. The van der Waals surface area contributed by atoms with Crippen LogP contribution in [0.2, 0.25) is 0 Å². The standard InChI is InChI=1S/C23H27N3O4/c1-15(25-26-23(28)17-11-12-20(29-2)21(14-17)30-3)13-22(27)24-19-10-6-8-16-7-4-5-9-18(16)19/h6,8,10-12,14H,4-5,7,9,13H2,1-3H3,(H,24,27)(H,26,28)/b25-15+. The summed E-state index contributed by atoms with van der Waals surface area (Å²) < 4.78 is 10.4. The first-order chi connectivity index (χ1) is 14.5. The number of hydrogen-bond acceptors (Lipinski definition) is 5. The lowest BCUT2D eigenvalue weighted by Gasteiger charge is -2.19. The maximum atomic E-state index is 12.4. The number of fused-ring (bicyclic) bond motifs is 1. The van der Waals surface area contributed by atoms with Gasteiger partial charge in [-0.1, -0.05) is 12.1 Å². The molecular weight excluding hydrogens is 382 g/mol. The Morgan fingerprint density at radius 2 is 1.80 bits per heavy atom. The highest BCUT2D eigenvalue weighted by Crippen LogP contribution is 2.28. The van der Waals surface area contributed by atoms with Crippen LogP contribution in [-0.2, 0) is 17.6 Å². The number of anilines is 1. The minimum Gasteiger partial charge on any atom is -0.493 e.